The number of hydrogen-bond acceptors (Lipinski definition) is 1. The molecule has 1 saturated carbocycles. The van der Waals surface area contributed by atoms with Crippen LogP contribution in [0.15, 0.2) is 200 Å². The molecule has 4 aliphatic rings. The molecule has 1 fully saturated rings. The minimum atomic E-state index is -0.269. The van der Waals surface area contributed by atoms with Crippen LogP contribution in [0.1, 0.15) is 92.2 Å². The lowest BCUT2D eigenvalue weighted by molar-refractivity contribution is 0.445. The van der Waals surface area contributed by atoms with Crippen molar-refractivity contribution in [3.8, 4) is 33.4 Å². The van der Waals surface area contributed by atoms with Gasteiger partial charge in [0.25, 0.3) is 0 Å². The van der Waals surface area contributed by atoms with Gasteiger partial charge >= 0.3 is 0 Å². The van der Waals surface area contributed by atoms with Gasteiger partial charge in [-0.25, -0.2) is 0 Å². The van der Waals surface area contributed by atoms with Gasteiger partial charge in [-0.2, -0.15) is 0 Å². The lowest BCUT2D eigenvalue weighted by atomic mass is 9.63. The fourth-order valence-corrected chi connectivity index (χ4v) is 12.3. The quantitative estimate of drug-likeness (QED) is 0.155. The summed E-state index contributed by atoms with van der Waals surface area (Å²) in [5.41, 5.74) is 20.4. The molecule has 0 aliphatic heterocycles. The van der Waals surface area contributed by atoms with Crippen molar-refractivity contribution in [3.63, 3.8) is 0 Å². The van der Waals surface area contributed by atoms with Gasteiger partial charge in [0, 0.05) is 33.6 Å². The van der Waals surface area contributed by atoms with Crippen molar-refractivity contribution in [3.05, 3.63) is 234 Å². The molecule has 12 rings (SSSR count). The van der Waals surface area contributed by atoms with Crippen molar-refractivity contribution in [2.45, 2.75) is 69.6 Å². The van der Waals surface area contributed by atoms with Gasteiger partial charge in [-0.15, -0.1) is 0 Å². The van der Waals surface area contributed by atoms with Crippen molar-refractivity contribution in [1.82, 2.24) is 0 Å². The van der Waals surface area contributed by atoms with Crippen molar-refractivity contribution in [2.75, 3.05) is 4.90 Å². The summed E-state index contributed by atoms with van der Waals surface area (Å²) in [5, 5.41) is 2.72. The van der Waals surface area contributed by atoms with Crippen LogP contribution in [0.5, 0.6) is 0 Å². The molecule has 0 spiro atoms. The number of anilines is 3. The fraction of sp³-hybridized carbons (Fsp3) is 0.188. The van der Waals surface area contributed by atoms with Gasteiger partial charge in [0.2, 0.25) is 0 Å². The van der Waals surface area contributed by atoms with E-state index in [0.29, 0.717) is 5.92 Å². The molecule has 316 valence electrons. The lowest BCUT2D eigenvalue weighted by Gasteiger charge is -2.40. The van der Waals surface area contributed by atoms with Crippen LogP contribution < -0.4 is 4.90 Å². The second kappa shape index (κ2) is 15.6. The standard InChI is InChI=1S/C64H55N/c1-63(2)56-35-12-9-30-55(56)62-54(33-18-36-58(62)63)52-29-11-14-38-60(52)65(47-26-17-25-46(42-47)64(3)41-19-34-50-48-27-8-7-22-44(48)39-40-57(50)64)59-37-13-10-28-51(59)53-32-16-24-45-23-15-31-49(61(45)53)43-20-5-4-6-21-43/h7-19,22-43,57H,4-6,20-21H2,1-3H3. The van der Waals surface area contributed by atoms with Crippen molar-refractivity contribution in [2.24, 2.45) is 5.92 Å². The molecule has 0 heterocycles. The Morgan fingerprint density at radius 2 is 1.14 bits per heavy atom. The molecule has 8 aromatic rings. The monoisotopic (exact) mass is 837 g/mol. The molecule has 1 nitrogen and oxygen atoms in total. The maximum Gasteiger partial charge on any atom is 0.0540 e. The summed E-state index contributed by atoms with van der Waals surface area (Å²) in [6.45, 7) is 7.20. The van der Waals surface area contributed by atoms with E-state index in [9.17, 15) is 0 Å². The largest absolute Gasteiger partial charge is 0.309 e. The third-order valence-corrected chi connectivity index (χ3v) is 15.6. The highest BCUT2D eigenvalue weighted by Gasteiger charge is 2.40. The Labute approximate surface area is 385 Å². The normalized spacial score (nSPS) is 19.2. The minimum absolute atomic E-state index is 0.105. The molecule has 4 aliphatic carbocycles. The van der Waals surface area contributed by atoms with Gasteiger partial charge < -0.3 is 4.90 Å². The minimum Gasteiger partial charge on any atom is -0.309 e. The molecule has 0 aromatic heterocycles. The Morgan fingerprint density at radius 1 is 0.523 bits per heavy atom. The molecule has 2 atom stereocenters. The third kappa shape index (κ3) is 6.34. The first-order valence-electron chi connectivity index (χ1n) is 23.9. The zero-order valence-corrected chi connectivity index (χ0v) is 37.8. The SMILES string of the molecule is CC1(C)c2ccccc2-c2c(-c3ccccc3N(c3cccc(C4(C)C=CC=C5c6ccccc6C=CC54)c3)c3ccccc3-c3cccc4cccc(C5CCCCC5)c34)cccc21. The molecular weight excluding hydrogens is 783 g/mol. The van der Waals surface area contributed by atoms with E-state index in [2.05, 4.69) is 232 Å². The summed E-state index contributed by atoms with van der Waals surface area (Å²) < 4.78 is 0. The highest BCUT2D eigenvalue weighted by atomic mass is 15.1. The van der Waals surface area contributed by atoms with Crippen LogP contribution in [0.4, 0.5) is 17.1 Å². The summed E-state index contributed by atoms with van der Waals surface area (Å²) in [6, 6.07) is 66.7. The van der Waals surface area contributed by atoms with Crippen molar-refractivity contribution >= 4 is 39.5 Å². The second-order valence-corrected chi connectivity index (χ2v) is 19.6. The maximum absolute atomic E-state index is 2.58. The van der Waals surface area contributed by atoms with E-state index in [4.69, 9.17) is 0 Å². The highest BCUT2D eigenvalue weighted by molar-refractivity contribution is 6.05. The van der Waals surface area contributed by atoms with E-state index in [0.717, 1.165) is 11.4 Å². The molecule has 0 N–H and O–H groups in total. The first kappa shape index (κ1) is 39.6. The van der Waals surface area contributed by atoms with E-state index in [1.54, 1.807) is 0 Å². The van der Waals surface area contributed by atoms with Crippen LogP contribution in [0.3, 0.4) is 0 Å². The van der Waals surface area contributed by atoms with E-state index in [-0.39, 0.29) is 16.7 Å². The zero-order chi connectivity index (χ0) is 43.7. The molecule has 1 heteroatoms. The van der Waals surface area contributed by atoms with Crippen LogP contribution in [-0.2, 0) is 10.8 Å². The van der Waals surface area contributed by atoms with Gasteiger partial charge in [0.05, 0.1) is 11.4 Å². The molecular formula is C64H55N. The van der Waals surface area contributed by atoms with E-state index in [1.807, 2.05) is 0 Å². The topological polar surface area (TPSA) is 3.24 Å². The zero-order valence-electron chi connectivity index (χ0n) is 37.8. The highest BCUT2D eigenvalue weighted by Crippen LogP contribution is 2.55. The van der Waals surface area contributed by atoms with Crippen LogP contribution in [-0.4, -0.2) is 0 Å². The summed E-state index contributed by atoms with van der Waals surface area (Å²) in [6.07, 6.45) is 18.3. The van der Waals surface area contributed by atoms with Gasteiger partial charge in [0.15, 0.2) is 0 Å². The third-order valence-electron chi connectivity index (χ3n) is 15.6. The van der Waals surface area contributed by atoms with Crippen LogP contribution in [0.25, 0.3) is 55.8 Å². The average molecular weight is 838 g/mol. The predicted octanol–water partition coefficient (Wildman–Crippen LogP) is 17.6. The van der Waals surface area contributed by atoms with Gasteiger partial charge in [-0.3, -0.25) is 0 Å². The fourth-order valence-electron chi connectivity index (χ4n) is 12.3. The van der Waals surface area contributed by atoms with E-state index < -0.39 is 0 Å². The number of benzene rings is 8. The molecule has 8 aromatic carbocycles. The number of fused-ring (bicyclic) bond motifs is 7. The number of hydrogen-bond donors (Lipinski definition) is 0. The molecule has 0 radical (unpaired) electrons. The van der Waals surface area contributed by atoms with Crippen molar-refractivity contribution < 1.29 is 0 Å². The maximum atomic E-state index is 2.58. The first-order valence-corrected chi connectivity index (χ1v) is 23.9. The Bertz CT molecular complexity index is 3250. The van der Waals surface area contributed by atoms with Gasteiger partial charge in [-0.05, 0) is 115 Å². The van der Waals surface area contributed by atoms with Gasteiger partial charge in [0.1, 0.15) is 0 Å². The smallest absolute Gasteiger partial charge is 0.0540 e. The molecule has 0 saturated heterocycles. The van der Waals surface area contributed by atoms with Gasteiger partial charge in [-0.1, -0.05) is 222 Å². The lowest BCUT2D eigenvalue weighted by Crippen LogP contribution is -2.32. The number of nitrogens with zero attached hydrogens (tertiary/aromatic N) is 1. The number of rotatable bonds is 7. The van der Waals surface area contributed by atoms with Crippen LogP contribution >= 0.6 is 0 Å². The Morgan fingerprint density at radius 3 is 1.94 bits per heavy atom. The van der Waals surface area contributed by atoms with E-state index >= 15 is 0 Å². The summed E-state index contributed by atoms with van der Waals surface area (Å²) in [5.74, 6) is 0.778. The Balaban J connectivity index is 1.09. The number of para-hydroxylation sites is 2. The predicted molar refractivity (Wildman–Crippen MR) is 276 cm³/mol. The first-order chi connectivity index (χ1) is 31.9. The van der Waals surface area contributed by atoms with Crippen LogP contribution in [0, 0.1) is 5.92 Å². The summed E-state index contributed by atoms with van der Waals surface area (Å²) in [7, 11) is 0. The van der Waals surface area contributed by atoms with Crippen LogP contribution in [0.2, 0.25) is 0 Å². The average Bonchev–Trinajstić information content (AvgIpc) is 3.60. The van der Waals surface area contributed by atoms with Crippen molar-refractivity contribution in [1.29, 1.82) is 0 Å². The Hall–Kier alpha value is -6.96. The molecule has 0 amide bonds. The number of allylic oxidation sites excluding steroid dienone is 5. The molecule has 2 unspecified atom stereocenters. The summed E-state index contributed by atoms with van der Waals surface area (Å²) >= 11 is 0. The molecule has 65 heavy (non-hydrogen) atoms. The Kier molecular flexibility index (Phi) is 9.53. The molecule has 0 bridgehead atoms. The summed E-state index contributed by atoms with van der Waals surface area (Å²) in [4.78, 5) is 2.58. The second-order valence-electron chi connectivity index (χ2n) is 19.6. The van der Waals surface area contributed by atoms with E-state index in [1.165, 1.54) is 121 Å².